The van der Waals surface area contributed by atoms with Crippen LogP contribution in [0, 0.1) is 0 Å². The Kier molecular flexibility index (Phi) is 5.95. The first-order valence-electron chi connectivity index (χ1n) is 6.12. The molecule has 0 saturated carbocycles. The van der Waals surface area contributed by atoms with Crippen LogP contribution >= 0.6 is 11.6 Å². The highest BCUT2D eigenvalue weighted by molar-refractivity contribution is 6.30. The van der Waals surface area contributed by atoms with E-state index in [9.17, 15) is 4.79 Å². The molecule has 0 saturated heterocycles. The van der Waals surface area contributed by atoms with E-state index in [1.54, 1.807) is 0 Å². The molecule has 0 aliphatic rings. The van der Waals surface area contributed by atoms with E-state index >= 15 is 0 Å². The highest BCUT2D eigenvalue weighted by Gasteiger charge is 2.12. The molecule has 1 aromatic rings. The normalized spacial score (nSPS) is 10.2. The quantitative estimate of drug-likeness (QED) is 0.827. The summed E-state index contributed by atoms with van der Waals surface area (Å²) in [5.41, 5.74) is 7.64. The first-order valence-corrected chi connectivity index (χ1v) is 6.50. The Morgan fingerprint density at radius 3 is 2.72 bits per heavy atom. The summed E-state index contributed by atoms with van der Waals surface area (Å²) in [5.74, 6) is 0.0114. The molecule has 0 aliphatic carbocycles. The molecule has 3 N–H and O–H groups in total. The SMILES string of the molecule is CCNC(=O)CN(CC)c1ccc(Cl)cc1CN. The minimum atomic E-state index is 0.0114. The monoisotopic (exact) mass is 269 g/mol. The number of likely N-dealkylation sites (N-methyl/N-ethyl adjacent to an activating group) is 2. The van der Waals surface area contributed by atoms with Gasteiger partial charge in [-0.2, -0.15) is 0 Å². The fourth-order valence-electron chi connectivity index (χ4n) is 1.82. The Morgan fingerprint density at radius 2 is 2.17 bits per heavy atom. The number of halogens is 1. The van der Waals surface area contributed by atoms with E-state index < -0.39 is 0 Å². The van der Waals surface area contributed by atoms with E-state index in [1.807, 2.05) is 36.9 Å². The van der Waals surface area contributed by atoms with Gasteiger partial charge < -0.3 is 16.0 Å². The van der Waals surface area contributed by atoms with Crippen molar-refractivity contribution in [2.45, 2.75) is 20.4 Å². The lowest BCUT2D eigenvalue weighted by molar-refractivity contribution is -0.119. The van der Waals surface area contributed by atoms with Gasteiger partial charge in [0.05, 0.1) is 6.54 Å². The number of nitrogens with one attached hydrogen (secondary N) is 1. The van der Waals surface area contributed by atoms with Crippen LogP contribution in [-0.2, 0) is 11.3 Å². The number of nitrogens with two attached hydrogens (primary N) is 1. The molecular formula is C13H20ClN3O. The Labute approximate surface area is 113 Å². The smallest absolute Gasteiger partial charge is 0.239 e. The molecule has 1 aromatic carbocycles. The lowest BCUT2D eigenvalue weighted by Gasteiger charge is -2.25. The Hall–Kier alpha value is -1.26. The predicted molar refractivity (Wildman–Crippen MR) is 75.9 cm³/mol. The molecule has 1 rings (SSSR count). The molecule has 18 heavy (non-hydrogen) atoms. The zero-order valence-electron chi connectivity index (χ0n) is 10.9. The molecular weight excluding hydrogens is 250 g/mol. The summed E-state index contributed by atoms with van der Waals surface area (Å²) in [6.07, 6.45) is 0. The summed E-state index contributed by atoms with van der Waals surface area (Å²) in [6, 6.07) is 5.57. The zero-order chi connectivity index (χ0) is 13.5. The molecule has 0 bridgehead atoms. The number of hydrogen-bond acceptors (Lipinski definition) is 3. The average molecular weight is 270 g/mol. The van der Waals surface area contributed by atoms with E-state index in [0.717, 1.165) is 17.8 Å². The number of carbonyl (C=O) groups is 1. The topological polar surface area (TPSA) is 58.4 Å². The summed E-state index contributed by atoms with van der Waals surface area (Å²) in [5, 5.41) is 3.45. The van der Waals surface area contributed by atoms with Crippen LogP contribution in [0.25, 0.3) is 0 Å². The Balaban J connectivity index is 2.90. The van der Waals surface area contributed by atoms with Crippen LogP contribution in [0.4, 0.5) is 5.69 Å². The van der Waals surface area contributed by atoms with Crippen LogP contribution in [0.1, 0.15) is 19.4 Å². The molecule has 0 unspecified atom stereocenters. The van der Waals surface area contributed by atoms with Gasteiger partial charge in [0.15, 0.2) is 0 Å². The van der Waals surface area contributed by atoms with Gasteiger partial charge >= 0.3 is 0 Å². The Bertz CT molecular complexity index is 409. The summed E-state index contributed by atoms with van der Waals surface area (Å²) in [7, 11) is 0. The largest absolute Gasteiger partial charge is 0.362 e. The number of benzene rings is 1. The van der Waals surface area contributed by atoms with Crippen LogP contribution in [-0.4, -0.2) is 25.5 Å². The van der Waals surface area contributed by atoms with Gasteiger partial charge in [0.25, 0.3) is 0 Å². The van der Waals surface area contributed by atoms with Gasteiger partial charge in [-0.1, -0.05) is 11.6 Å². The molecule has 0 spiro atoms. The minimum absolute atomic E-state index is 0.0114. The van der Waals surface area contributed by atoms with E-state index in [1.165, 1.54) is 0 Å². The van der Waals surface area contributed by atoms with E-state index in [4.69, 9.17) is 17.3 Å². The second-order valence-corrected chi connectivity index (χ2v) is 4.38. The fraction of sp³-hybridized carbons (Fsp3) is 0.462. The molecule has 0 radical (unpaired) electrons. The van der Waals surface area contributed by atoms with Crippen molar-refractivity contribution in [3.8, 4) is 0 Å². The van der Waals surface area contributed by atoms with E-state index in [-0.39, 0.29) is 5.91 Å². The molecule has 4 nitrogen and oxygen atoms in total. The molecule has 0 atom stereocenters. The lowest BCUT2D eigenvalue weighted by Crippen LogP contribution is -2.37. The average Bonchev–Trinajstić information content (AvgIpc) is 2.36. The molecule has 5 heteroatoms. The number of rotatable bonds is 6. The number of amides is 1. The number of hydrogen-bond donors (Lipinski definition) is 2. The van der Waals surface area contributed by atoms with Crippen molar-refractivity contribution >= 4 is 23.2 Å². The highest BCUT2D eigenvalue weighted by Crippen LogP contribution is 2.23. The maximum Gasteiger partial charge on any atom is 0.239 e. The fourth-order valence-corrected chi connectivity index (χ4v) is 2.01. The van der Waals surface area contributed by atoms with Crippen LogP contribution in [0.3, 0.4) is 0 Å². The predicted octanol–water partition coefficient (Wildman–Crippen LogP) is 1.76. The van der Waals surface area contributed by atoms with E-state index in [2.05, 4.69) is 5.32 Å². The summed E-state index contributed by atoms with van der Waals surface area (Å²) >= 11 is 5.95. The van der Waals surface area contributed by atoms with Gasteiger partial charge in [-0.3, -0.25) is 4.79 Å². The van der Waals surface area contributed by atoms with Crippen molar-refractivity contribution in [1.29, 1.82) is 0 Å². The van der Waals surface area contributed by atoms with Crippen molar-refractivity contribution in [2.24, 2.45) is 5.73 Å². The number of anilines is 1. The highest BCUT2D eigenvalue weighted by atomic mass is 35.5. The van der Waals surface area contributed by atoms with Crippen LogP contribution < -0.4 is 16.0 Å². The van der Waals surface area contributed by atoms with Crippen molar-refractivity contribution in [2.75, 3.05) is 24.5 Å². The third kappa shape index (κ3) is 3.89. The summed E-state index contributed by atoms with van der Waals surface area (Å²) < 4.78 is 0. The molecule has 1 amide bonds. The third-order valence-corrected chi connectivity index (χ3v) is 2.93. The molecule has 0 aliphatic heterocycles. The lowest BCUT2D eigenvalue weighted by atomic mass is 10.1. The van der Waals surface area contributed by atoms with Crippen LogP contribution in [0.15, 0.2) is 18.2 Å². The maximum absolute atomic E-state index is 11.6. The first kappa shape index (κ1) is 14.8. The summed E-state index contributed by atoms with van der Waals surface area (Å²) in [4.78, 5) is 13.6. The standard InChI is InChI=1S/C13H20ClN3O/c1-3-16-13(18)9-17(4-2)12-6-5-11(14)7-10(12)8-15/h5-7H,3-4,8-9,15H2,1-2H3,(H,16,18). The maximum atomic E-state index is 11.6. The molecule has 0 aromatic heterocycles. The minimum Gasteiger partial charge on any atom is -0.362 e. The summed E-state index contributed by atoms with van der Waals surface area (Å²) in [6.45, 7) is 6.03. The van der Waals surface area contributed by atoms with Gasteiger partial charge in [0.2, 0.25) is 5.91 Å². The van der Waals surface area contributed by atoms with Gasteiger partial charge in [0, 0.05) is 30.3 Å². The van der Waals surface area contributed by atoms with Crippen molar-refractivity contribution in [3.05, 3.63) is 28.8 Å². The number of carbonyl (C=O) groups excluding carboxylic acids is 1. The van der Waals surface area contributed by atoms with Crippen molar-refractivity contribution < 1.29 is 4.79 Å². The number of nitrogens with zero attached hydrogens (tertiary/aromatic N) is 1. The van der Waals surface area contributed by atoms with Gasteiger partial charge in [0.1, 0.15) is 0 Å². The van der Waals surface area contributed by atoms with Gasteiger partial charge in [-0.05, 0) is 37.6 Å². The van der Waals surface area contributed by atoms with Gasteiger partial charge in [-0.15, -0.1) is 0 Å². The Morgan fingerprint density at radius 1 is 1.44 bits per heavy atom. The molecule has 0 heterocycles. The van der Waals surface area contributed by atoms with Crippen molar-refractivity contribution in [3.63, 3.8) is 0 Å². The second kappa shape index (κ2) is 7.24. The first-order chi connectivity index (χ1) is 8.62. The van der Waals surface area contributed by atoms with Crippen LogP contribution in [0.5, 0.6) is 0 Å². The third-order valence-electron chi connectivity index (χ3n) is 2.69. The van der Waals surface area contributed by atoms with E-state index in [0.29, 0.717) is 24.7 Å². The van der Waals surface area contributed by atoms with Crippen LogP contribution in [0.2, 0.25) is 5.02 Å². The van der Waals surface area contributed by atoms with Crippen molar-refractivity contribution in [1.82, 2.24) is 5.32 Å². The zero-order valence-corrected chi connectivity index (χ0v) is 11.6. The molecule has 0 fully saturated rings. The molecule has 100 valence electrons. The van der Waals surface area contributed by atoms with Gasteiger partial charge in [-0.25, -0.2) is 0 Å². The second-order valence-electron chi connectivity index (χ2n) is 3.94.